The number of carboxylic acids is 1. The highest BCUT2D eigenvalue weighted by Crippen LogP contribution is 2.37. The molecule has 1 saturated heterocycles. The summed E-state index contributed by atoms with van der Waals surface area (Å²) >= 11 is 0. The van der Waals surface area contributed by atoms with Crippen LogP contribution >= 0.6 is 0 Å². The van der Waals surface area contributed by atoms with Crippen LogP contribution in [0.4, 0.5) is 18.0 Å². The topological polar surface area (TPSA) is 86.7 Å². The van der Waals surface area contributed by atoms with E-state index in [9.17, 15) is 27.0 Å². The van der Waals surface area contributed by atoms with Crippen molar-refractivity contribution in [2.45, 2.75) is 24.0 Å². The summed E-state index contributed by atoms with van der Waals surface area (Å²) in [4.78, 5) is 24.8. The molecule has 1 aliphatic rings. The van der Waals surface area contributed by atoms with E-state index in [-0.39, 0.29) is 0 Å². The number of carboxylic acid groups (broad SMARTS) is 1. The van der Waals surface area contributed by atoms with Crippen LogP contribution in [0.1, 0.15) is 18.5 Å². The van der Waals surface area contributed by atoms with Crippen LogP contribution in [0.2, 0.25) is 0 Å². The van der Waals surface area contributed by atoms with Crippen molar-refractivity contribution >= 4 is 22.8 Å². The molecule has 144 valence electrons. The molecule has 1 aromatic carbocycles. The number of urea groups is 1. The van der Waals surface area contributed by atoms with Crippen molar-refractivity contribution in [3.63, 3.8) is 0 Å². The Morgan fingerprint density at radius 1 is 1.27 bits per heavy atom. The standard InChI is InChI=1S/C16H19F3N2O4S/c1-9(10-3-5-11(6-4-10)26(2)25)20-15(24)21-7-12(14(22)23)13(8-21)16(17,18)19/h3-6,9,12-13H,7-8H2,1-2H3,(H,20,24)(H,22,23)/t9?,12-,13-,26?/m1/s1. The summed E-state index contributed by atoms with van der Waals surface area (Å²) in [5.74, 6) is -5.33. The average Bonchev–Trinajstić information content (AvgIpc) is 3.01. The molecule has 26 heavy (non-hydrogen) atoms. The second kappa shape index (κ2) is 7.65. The van der Waals surface area contributed by atoms with E-state index in [0.29, 0.717) is 10.5 Å². The van der Waals surface area contributed by atoms with Crippen molar-refractivity contribution in [2.24, 2.45) is 11.8 Å². The maximum absolute atomic E-state index is 13.0. The Morgan fingerprint density at radius 3 is 2.27 bits per heavy atom. The first-order valence-electron chi connectivity index (χ1n) is 7.79. The summed E-state index contributed by atoms with van der Waals surface area (Å²) in [5.41, 5.74) is 0.689. The van der Waals surface area contributed by atoms with Crippen LogP contribution in [0.5, 0.6) is 0 Å². The summed E-state index contributed by atoms with van der Waals surface area (Å²) in [5, 5.41) is 11.6. The van der Waals surface area contributed by atoms with E-state index in [1.165, 1.54) is 6.26 Å². The van der Waals surface area contributed by atoms with E-state index in [4.69, 9.17) is 5.11 Å². The Bertz CT molecular complexity index is 708. The van der Waals surface area contributed by atoms with E-state index < -0.39 is 59.9 Å². The maximum Gasteiger partial charge on any atom is 0.394 e. The van der Waals surface area contributed by atoms with Gasteiger partial charge in [-0.3, -0.25) is 9.00 Å². The van der Waals surface area contributed by atoms with E-state index >= 15 is 0 Å². The van der Waals surface area contributed by atoms with E-state index in [1.54, 1.807) is 31.2 Å². The van der Waals surface area contributed by atoms with Crippen molar-refractivity contribution in [1.29, 1.82) is 0 Å². The second-order valence-electron chi connectivity index (χ2n) is 6.19. The number of nitrogens with one attached hydrogen (secondary N) is 1. The van der Waals surface area contributed by atoms with Crippen LogP contribution in [0.15, 0.2) is 29.2 Å². The molecule has 2 rings (SSSR count). The number of halogens is 3. The fourth-order valence-electron chi connectivity index (χ4n) is 2.86. The number of carbonyl (C=O) groups excluding carboxylic acids is 1. The van der Waals surface area contributed by atoms with Crippen LogP contribution < -0.4 is 5.32 Å². The fraction of sp³-hybridized carbons (Fsp3) is 0.500. The molecular weight excluding hydrogens is 373 g/mol. The minimum atomic E-state index is -4.69. The van der Waals surface area contributed by atoms with Gasteiger partial charge in [-0.1, -0.05) is 12.1 Å². The van der Waals surface area contributed by atoms with Gasteiger partial charge in [0.05, 0.1) is 17.9 Å². The fourth-order valence-corrected chi connectivity index (χ4v) is 3.38. The van der Waals surface area contributed by atoms with Crippen molar-refractivity contribution in [3.8, 4) is 0 Å². The molecule has 1 fully saturated rings. The van der Waals surface area contributed by atoms with Crippen LogP contribution in [0.3, 0.4) is 0 Å². The molecule has 2 unspecified atom stereocenters. The number of nitrogens with zero attached hydrogens (tertiary/aromatic N) is 1. The molecule has 0 aliphatic carbocycles. The lowest BCUT2D eigenvalue weighted by Crippen LogP contribution is -2.40. The number of alkyl halides is 3. The van der Waals surface area contributed by atoms with Gasteiger partial charge in [0.2, 0.25) is 0 Å². The van der Waals surface area contributed by atoms with Gasteiger partial charge in [-0.15, -0.1) is 0 Å². The normalized spacial score (nSPS) is 22.7. The van der Waals surface area contributed by atoms with Gasteiger partial charge in [0.25, 0.3) is 0 Å². The van der Waals surface area contributed by atoms with Gasteiger partial charge < -0.3 is 15.3 Å². The second-order valence-corrected chi connectivity index (χ2v) is 7.57. The van der Waals surface area contributed by atoms with Gasteiger partial charge >= 0.3 is 18.2 Å². The lowest BCUT2D eigenvalue weighted by atomic mass is 9.96. The SMILES string of the molecule is CC(NC(=O)N1C[C@@H](C(F)(F)F)[C@H](C(=O)O)C1)c1ccc(S(C)=O)cc1. The predicted octanol–water partition coefficient (Wildman–Crippen LogP) is 2.39. The maximum atomic E-state index is 13.0. The highest BCUT2D eigenvalue weighted by atomic mass is 32.2. The van der Waals surface area contributed by atoms with Crippen molar-refractivity contribution in [2.75, 3.05) is 19.3 Å². The zero-order valence-corrected chi connectivity index (χ0v) is 14.9. The van der Waals surface area contributed by atoms with Crippen molar-refractivity contribution in [3.05, 3.63) is 29.8 Å². The third-order valence-corrected chi connectivity index (χ3v) is 5.33. The molecule has 1 aliphatic heterocycles. The van der Waals surface area contributed by atoms with Gasteiger partial charge in [-0.25, -0.2) is 4.79 Å². The molecule has 2 amide bonds. The molecule has 10 heteroatoms. The van der Waals surface area contributed by atoms with E-state index in [1.807, 2.05) is 0 Å². The number of likely N-dealkylation sites (tertiary alicyclic amines) is 1. The number of hydrogen-bond donors (Lipinski definition) is 2. The average molecular weight is 392 g/mol. The molecule has 1 heterocycles. The zero-order chi connectivity index (χ0) is 19.6. The van der Waals surface area contributed by atoms with E-state index in [2.05, 4.69) is 5.32 Å². The number of aliphatic carboxylic acids is 1. The molecule has 0 saturated carbocycles. The van der Waals surface area contributed by atoms with Crippen LogP contribution in [-0.4, -0.2) is 51.7 Å². The molecular formula is C16H19F3N2O4S. The molecule has 0 aromatic heterocycles. The van der Waals surface area contributed by atoms with Crippen LogP contribution in [0, 0.1) is 11.8 Å². The van der Waals surface area contributed by atoms with Crippen LogP contribution in [0.25, 0.3) is 0 Å². The Kier molecular flexibility index (Phi) is 5.94. The van der Waals surface area contributed by atoms with Gasteiger partial charge in [-0.2, -0.15) is 13.2 Å². The molecule has 0 bridgehead atoms. The highest BCUT2D eigenvalue weighted by molar-refractivity contribution is 7.84. The van der Waals surface area contributed by atoms with Gasteiger partial charge in [0, 0.05) is 35.0 Å². The third-order valence-electron chi connectivity index (χ3n) is 4.40. The summed E-state index contributed by atoms with van der Waals surface area (Å²) in [6.07, 6.45) is -3.15. The Labute approximate surface area is 150 Å². The summed E-state index contributed by atoms with van der Waals surface area (Å²) in [6, 6.07) is 5.37. The molecule has 6 nitrogen and oxygen atoms in total. The first-order chi connectivity index (χ1) is 12.0. The lowest BCUT2D eigenvalue weighted by Gasteiger charge is -2.21. The zero-order valence-electron chi connectivity index (χ0n) is 14.1. The molecule has 2 N–H and O–H groups in total. The number of rotatable bonds is 4. The number of benzene rings is 1. The third kappa shape index (κ3) is 4.54. The molecule has 0 radical (unpaired) electrons. The minimum absolute atomic E-state index is 0.494. The predicted molar refractivity (Wildman–Crippen MR) is 88.0 cm³/mol. The summed E-state index contributed by atoms with van der Waals surface area (Å²) in [7, 11) is -1.14. The summed E-state index contributed by atoms with van der Waals surface area (Å²) in [6.45, 7) is 0.473. The first kappa shape index (κ1) is 20.2. The summed E-state index contributed by atoms with van der Waals surface area (Å²) < 4.78 is 50.3. The molecule has 0 spiro atoms. The minimum Gasteiger partial charge on any atom is -0.481 e. The van der Waals surface area contributed by atoms with Gasteiger partial charge in [0.1, 0.15) is 0 Å². The Balaban J connectivity index is 2.05. The number of hydrogen-bond acceptors (Lipinski definition) is 3. The van der Waals surface area contributed by atoms with E-state index in [0.717, 1.165) is 4.90 Å². The first-order valence-corrected chi connectivity index (χ1v) is 9.35. The highest BCUT2D eigenvalue weighted by Gasteiger charge is 2.53. The van der Waals surface area contributed by atoms with Crippen molar-refractivity contribution < 1.29 is 32.1 Å². The quantitative estimate of drug-likeness (QED) is 0.824. The largest absolute Gasteiger partial charge is 0.481 e. The lowest BCUT2D eigenvalue weighted by molar-refractivity contribution is -0.187. The Hall–Kier alpha value is -2.10. The smallest absolute Gasteiger partial charge is 0.394 e. The number of carbonyl (C=O) groups is 2. The van der Waals surface area contributed by atoms with Gasteiger partial charge in [-0.05, 0) is 24.6 Å². The molecule has 4 atom stereocenters. The van der Waals surface area contributed by atoms with Crippen molar-refractivity contribution in [1.82, 2.24) is 10.2 Å². The number of amides is 2. The van der Waals surface area contributed by atoms with Gasteiger partial charge in [0.15, 0.2) is 0 Å². The monoisotopic (exact) mass is 392 g/mol. The Morgan fingerprint density at radius 2 is 1.85 bits per heavy atom. The van der Waals surface area contributed by atoms with Crippen LogP contribution in [-0.2, 0) is 15.6 Å². The molecule has 1 aromatic rings.